The Hall–Kier alpha value is -3.81. The van der Waals surface area contributed by atoms with Crippen LogP contribution in [0.15, 0.2) is 70.3 Å². The Balaban J connectivity index is 1.80. The monoisotopic (exact) mass is 408 g/mol. The molecule has 0 unspecified atom stereocenters. The van der Waals surface area contributed by atoms with E-state index in [-0.39, 0.29) is 18.0 Å². The number of rotatable bonds is 9. The van der Waals surface area contributed by atoms with Crippen molar-refractivity contribution < 1.29 is 9.63 Å². The van der Waals surface area contributed by atoms with Crippen LogP contribution in [0, 0.1) is 0 Å². The van der Waals surface area contributed by atoms with Crippen molar-refractivity contribution in [1.29, 1.82) is 0 Å². The van der Waals surface area contributed by atoms with Crippen molar-refractivity contribution >= 4 is 11.7 Å². The fourth-order valence-electron chi connectivity index (χ4n) is 2.92. The zero-order valence-corrected chi connectivity index (χ0v) is 16.7. The summed E-state index contributed by atoms with van der Waals surface area (Å²) < 4.78 is 0.583. The van der Waals surface area contributed by atoms with Crippen LogP contribution < -0.4 is 26.7 Å². The number of benzene rings is 2. The van der Waals surface area contributed by atoms with Gasteiger partial charge in [-0.15, -0.1) is 0 Å². The molecule has 30 heavy (non-hydrogen) atoms. The van der Waals surface area contributed by atoms with Gasteiger partial charge in [0.15, 0.2) is 0 Å². The first-order valence-electron chi connectivity index (χ1n) is 9.72. The summed E-state index contributed by atoms with van der Waals surface area (Å²) >= 11 is 0. The Morgan fingerprint density at radius 2 is 1.63 bits per heavy atom. The van der Waals surface area contributed by atoms with E-state index in [1.807, 2.05) is 60.7 Å². The molecular weight excluding hydrogens is 384 g/mol. The van der Waals surface area contributed by atoms with Crippen molar-refractivity contribution in [1.82, 2.24) is 15.0 Å². The van der Waals surface area contributed by atoms with Crippen LogP contribution in [-0.4, -0.2) is 28.7 Å². The Morgan fingerprint density at radius 1 is 1.00 bits per heavy atom. The molecule has 156 valence electrons. The highest BCUT2D eigenvalue weighted by Gasteiger charge is 2.21. The smallest absolute Gasteiger partial charge is 0.363 e. The fraction of sp³-hybridized carbons (Fsp3) is 0.227. The van der Waals surface area contributed by atoms with Crippen LogP contribution in [0.4, 0.5) is 5.82 Å². The number of nitrogens with one attached hydrogen (secondary N) is 3. The molecule has 0 aliphatic carbocycles. The maximum atomic E-state index is 12.9. The first-order valence-corrected chi connectivity index (χ1v) is 9.72. The zero-order valence-electron chi connectivity index (χ0n) is 16.7. The van der Waals surface area contributed by atoms with E-state index in [1.165, 1.54) is 0 Å². The van der Waals surface area contributed by atoms with E-state index < -0.39 is 17.2 Å². The molecule has 1 amide bonds. The summed E-state index contributed by atoms with van der Waals surface area (Å²) in [7, 11) is 0. The number of carbonyl (C=O) groups is 1. The van der Waals surface area contributed by atoms with E-state index in [9.17, 15) is 14.4 Å². The van der Waals surface area contributed by atoms with E-state index in [4.69, 9.17) is 4.84 Å². The maximum absolute atomic E-state index is 12.9. The summed E-state index contributed by atoms with van der Waals surface area (Å²) in [6, 6.07) is 18.8. The lowest BCUT2D eigenvalue weighted by atomic mass is 10.1. The number of carbonyl (C=O) groups excluding carboxylic acids is 1. The quantitative estimate of drug-likeness (QED) is 0.498. The Morgan fingerprint density at radius 3 is 2.27 bits per heavy atom. The Bertz CT molecular complexity index is 1090. The molecule has 0 fully saturated rings. The average Bonchev–Trinajstić information content (AvgIpc) is 2.75. The lowest BCUT2D eigenvalue weighted by molar-refractivity contribution is 0.0764. The molecule has 3 rings (SSSR count). The second-order valence-electron chi connectivity index (χ2n) is 6.56. The van der Waals surface area contributed by atoms with E-state index in [1.54, 1.807) is 6.92 Å². The number of H-pyrrole nitrogens is 1. The highest BCUT2D eigenvalue weighted by Crippen LogP contribution is 2.06. The van der Waals surface area contributed by atoms with Gasteiger partial charge in [-0.3, -0.25) is 14.6 Å². The molecule has 0 aliphatic heterocycles. The standard InChI is InChI=1S/C22H24N4O4/c1-2-23-19-18(20(27)24-14-13-16-9-5-3-6-10-16)21(28)26(22(29)25-19)30-15-17-11-7-4-8-12-17/h3-12,23H,2,13-15H2,1H3,(H,24,27)(H,25,29). The summed E-state index contributed by atoms with van der Waals surface area (Å²) in [6.45, 7) is 2.58. The van der Waals surface area contributed by atoms with Gasteiger partial charge in [-0.05, 0) is 24.5 Å². The van der Waals surface area contributed by atoms with Gasteiger partial charge in [0.1, 0.15) is 18.0 Å². The molecule has 1 aromatic heterocycles. The van der Waals surface area contributed by atoms with Gasteiger partial charge < -0.3 is 15.5 Å². The summed E-state index contributed by atoms with van der Waals surface area (Å²) in [5.74, 6) is -0.510. The molecule has 0 spiro atoms. The minimum Gasteiger partial charge on any atom is -0.401 e. The molecule has 8 nitrogen and oxygen atoms in total. The molecule has 2 aromatic carbocycles. The average molecular weight is 408 g/mol. The van der Waals surface area contributed by atoms with Gasteiger partial charge in [-0.25, -0.2) is 4.79 Å². The van der Waals surface area contributed by atoms with Crippen molar-refractivity contribution in [3.05, 3.63) is 98.2 Å². The van der Waals surface area contributed by atoms with Gasteiger partial charge in [0.25, 0.3) is 5.91 Å². The number of aromatic amines is 1. The molecule has 0 saturated carbocycles. The van der Waals surface area contributed by atoms with E-state index in [2.05, 4.69) is 15.6 Å². The molecule has 1 heterocycles. The lowest BCUT2D eigenvalue weighted by Gasteiger charge is -2.13. The predicted molar refractivity (Wildman–Crippen MR) is 115 cm³/mol. The van der Waals surface area contributed by atoms with Gasteiger partial charge in [0, 0.05) is 13.1 Å². The molecule has 0 aliphatic rings. The normalized spacial score (nSPS) is 10.4. The molecule has 0 radical (unpaired) electrons. The van der Waals surface area contributed by atoms with Crippen LogP contribution in [0.25, 0.3) is 0 Å². The number of amides is 1. The molecule has 0 atom stereocenters. The second kappa shape index (κ2) is 10.1. The molecule has 0 bridgehead atoms. The molecule has 3 N–H and O–H groups in total. The highest BCUT2D eigenvalue weighted by molar-refractivity contribution is 5.98. The summed E-state index contributed by atoms with van der Waals surface area (Å²) in [6.07, 6.45) is 0.616. The van der Waals surface area contributed by atoms with E-state index in [0.717, 1.165) is 11.1 Å². The van der Waals surface area contributed by atoms with Gasteiger partial charge in [0.2, 0.25) is 0 Å². The van der Waals surface area contributed by atoms with Crippen molar-refractivity contribution in [2.75, 3.05) is 18.4 Å². The topological polar surface area (TPSA) is 105 Å². The van der Waals surface area contributed by atoms with E-state index >= 15 is 0 Å². The molecular formula is C22H24N4O4. The van der Waals surface area contributed by atoms with Crippen LogP contribution in [0.2, 0.25) is 0 Å². The number of nitrogens with zero attached hydrogens (tertiary/aromatic N) is 1. The first kappa shape index (κ1) is 20.9. The van der Waals surface area contributed by atoms with Gasteiger partial charge in [0.05, 0.1) is 0 Å². The van der Waals surface area contributed by atoms with Crippen LogP contribution in [0.5, 0.6) is 0 Å². The molecule has 0 saturated heterocycles. The van der Waals surface area contributed by atoms with Crippen molar-refractivity contribution in [2.45, 2.75) is 20.0 Å². The predicted octanol–water partition coefficient (Wildman–Crippen LogP) is 1.57. The van der Waals surface area contributed by atoms with Crippen molar-refractivity contribution in [2.24, 2.45) is 0 Å². The fourth-order valence-corrected chi connectivity index (χ4v) is 2.92. The summed E-state index contributed by atoms with van der Waals surface area (Å²) in [5, 5.41) is 5.60. The summed E-state index contributed by atoms with van der Waals surface area (Å²) in [4.78, 5) is 45.9. The lowest BCUT2D eigenvalue weighted by Crippen LogP contribution is -2.45. The minimum atomic E-state index is -0.817. The third-order valence-corrected chi connectivity index (χ3v) is 4.39. The van der Waals surface area contributed by atoms with Gasteiger partial charge in [-0.1, -0.05) is 65.4 Å². The van der Waals surface area contributed by atoms with Crippen LogP contribution >= 0.6 is 0 Å². The number of hydrogen-bond acceptors (Lipinski definition) is 5. The summed E-state index contributed by atoms with van der Waals surface area (Å²) in [5.41, 5.74) is 0.0799. The molecule has 8 heteroatoms. The highest BCUT2D eigenvalue weighted by atomic mass is 16.7. The van der Waals surface area contributed by atoms with Gasteiger partial charge >= 0.3 is 11.2 Å². The third-order valence-electron chi connectivity index (χ3n) is 4.39. The van der Waals surface area contributed by atoms with Crippen molar-refractivity contribution in [3.8, 4) is 0 Å². The van der Waals surface area contributed by atoms with Gasteiger partial charge in [-0.2, -0.15) is 0 Å². The Kier molecular flexibility index (Phi) is 7.05. The third kappa shape index (κ3) is 5.16. The number of aromatic nitrogens is 2. The largest absolute Gasteiger partial charge is 0.401 e. The van der Waals surface area contributed by atoms with Crippen LogP contribution in [-0.2, 0) is 13.0 Å². The minimum absolute atomic E-state index is 0.0133. The first-order chi connectivity index (χ1) is 14.6. The van der Waals surface area contributed by atoms with Crippen LogP contribution in [0.3, 0.4) is 0 Å². The van der Waals surface area contributed by atoms with E-state index in [0.29, 0.717) is 24.2 Å². The SMILES string of the molecule is CCNc1[nH]c(=O)n(OCc2ccccc2)c(=O)c1C(=O)NCCc1ccccc1. The van der Waals surface area contributed by atoms with Crippen molar-refractivity contribution in [3.63, 3.8) is 0 Å². The zero-order chi connectivity index (χ0) is 21.3. The number of anilines is 1. The second-order valence-corrected chi connectivity index (χ2v) is 6.56. The van der Waals surface area contributed by atoms with Crippen LogP contribution in [0.1, 0.15) is 28.4 Å². The number of hydrogen-bond donors (Lipinski definition) is 3. The Labute approximate surface area is 173 Å². The maximum Gasteiger partial charge on any atom is 0.363 e. The molecule has 3 aromatic rings.